The molecule has 0 saturated carbocycles. The highest BCUT2D eigenvalue weighted by molar-refractivity contribution is 5.67. The number of nitrogens with one attached hydrogen (secondary N) is 2. The molecular weight excluding hydrogens is 242 g/mol. The Labute approximate surface area is 115 Å². The van der Waals surface area contributed by atoms with Crippen LogP contribution in [0.2, 0.25) is 0 Å². The number of hydrogen-bond donors (Lipinski definition) is 2. The van der Waals surface area contributed by atoms with Gasteiger partial charge in [-0.15, -0.1) is 0 Å². The minimum atomic E-state index is -0.311. The van der Waals surface area contributed by atoms with Gasteiger partial charge in [0.1, 0.15) is 0 Å². The normalized spacial score (nSPS) is 12.1. The molecule has 0 saturated heterocycles. The molecule has 5 heteroatoms. The first-order chi connectivity index (χ1) is 9.22. The number of H-pyrrole nitrogens is 1. The molecular formula is C14H25N3O2. The van der Waals surface area contributed by atoms with Gasteiger partial charge in [-0.2, -0.15) is 0 Å². The molecule has 1 aromatic heterocycles. The number of amides is 1. The number of aromatic amines is 1. The predicted molar refractivity (Wildman–Crippen MR) is 75.0 cm³/mol. The minimum absolute atomic E-state index is 0.187. The molecule has 2 N–H and O–H groups in total. The van der Waals surface area contributed by atoms with Crippen molar-refractivity contribution in [3.05, 3.63) is 18.2 Å². The Hall–Kier alpha value is -1.52. The van der Waals surface area contributed by atoms with Gasteiger partial charge in [-0.25, -0.2) is 9.78 Å². The van der Waals surface area contributed by atoms with E-state index in [-0.39, 0.29) is 12.1 Å². The van der Waals surface area contributed by atoms with Crippen molar-refractivity contribution in [2.75, 3.05) is 6.61 Å². The van der Waals surface area contributed by atoms with E-state index in [2.05, 4.69) is 22.2 Å². The third-order valence-corrected chi connectivity index (χ3v) is 2.98. The largest absolute Gasteiger partial charge is 0.450 e. The number of unbranched alkanes of at least 4 members (excludes halogenated alkanes) is 2. The van der Waals surface area contributed by atoms with Crippen LogP contribution in [-0.4, -0.2) is 28.7 Å². The predicted octanol–water partition coefficient (Wildman–Crippen LogP) is 3.04. The fraction of sp³-hybridized carbons (Fsp3) is 0.714. The lowest BCUT2D eigenvalue weighted by Crippen LogP contribution is -2.33. The van der Waals surface area contributed by atoms with E-state index in [1.54, 1.807) is 12.5 Å². The smallest absolute Gasteiger partial charge is 0.407 e. The number of aryl methyl sites for hydroxylation is 1. The molecule has 1 aromatic rings. The Morgan fingerprint density at radius 1 is 1.47 bits per heavy atom. The third kappa shape index (κ3) is 7.49. The zero-order chi connectivity index (χ0) is 13.9. The average Bonchev–Trinajstić information content (AvgIpc) is 2.88. The number of imidazole rings is 1. The molecule has 108 valence electrons. The van der Waals surface area contributed by atoms with Crippen molar-refractivity contribution < 1.29 is 9.53 Å². The van der Waals surface area contributed by atoms with Crippen LogP contribution in [0.5, 0.6) is 0 Å². The summed E-state index contributed by atoms with van der Waals surface area (Å²) in [5.74, 6) is 0. The van der Waals surface area contributed by atoms with E-state index in [1.165, 1.54) is 12.8 Å². The van der Waals surface area contributed by atoms with Crippen LogP contribution >= 0.6 is 0 Å². The van der Waals surface area contributed by atoms with Crippen molar-refractivity contribution in [3.8, 4) is 0 Å². The lowest BCUT2D eigenvalue weighted by molar-refractivity contribution is 0.141. The summed E-state index contributed by atoms with van der Waals surface area (Å²) in [4.78, 5) is 18.4. The molecule has 0 radical (unpaired) electrons. The molecule has 19 heavy (non-hydrogen) atoms. The molecule has 0 bridgehead atoms. The van der Waals surface area contributed by atoms with Gasteiger partial charge in [-0.3, -0.25) is 0 Å². The third-order valence-electron chi connectivity index (χ3n) is 2.98. The summed E-state index contributed by atoms with van der Waals surface area (Å²) < 4.78 is 5.13. The van der Waals surface area contributed by atoms with Crippen LogP contribution in [0.3, 0.4) is 0 Å². The highest BCUT2D eigenvalue weighted by atomic mass is 16.5. The summed E-state index contributed by atoms with van der Waals surface area (Å²) in [7, 11) is 0. The molecule has 0 aliphatic heterocycles. The van der Waals surface area contributed by atoms with Crippen molar-refractivity contribution >= 4 is 6.09 Å². The van der Waals surface area contributed by atoms with E-state index in [9.17, 15) is 4.79 Å². The first-order valence-electron chi connectivity index (χ1n) is 7.13. The van der Waals surface area contributed by atoms with E-state index in [0.717, 1.165) is 31.4 Å². The fourth-order valence-corrected chi connectivity index (χ4v) is 1.86. The number of carbonyl (C=O) groups excluding carboxylic acids is 1. The van der Waals surface area contributed by atoms with E-state index < -0.39 is 0 Å². The highest BCUT2D eigenvalue weighted by Gasteiger charge is 2.07. The van der Waals surface area contributed by atoms with Crippen LogP contribution < -0.4 is 5.32 Å². The second-order valence-corrected chi connectivity index (χ2v) is 4.86. The standard InChI is InChI=1S/C14H25N3O2/c1-3-4-5-7-12(2)17-14(18)19-9-6-8-13-10-15-11-16-13/h10-12H,3-9H2,1-2H3,(H,15,16)(H,17,18). The SMILES string of the molecule is CCCCCC(C)NC(=O)OCCCc1cnc[nH]1. The average molecular weight is 267 g/mol. The van der Waals surface area contributed by atoms with Gasteiger partial charge >= 0.3 is 6.09 Å². The number of ether oxygens (including phenoxy) is 1. The van der Waals surface area contributed by atoms with Gasteiger partial charge in [0.2, 0.25) is 0 Å². The maximum absolute atomic E-state index is 11.5. The van der Waals surface area contributed by atoms with E-state index >= 15 is 0 Å². The zero-order valence-electron chi connectivity index (χ0n) is 11.9. The summed E-state index contributed by atoms with van der Waals surface area (Å²) >= 11 is 0. The zero-order valence-corrected chi connectivity index (χ0v) is 11.9. The van der Waals surface area contributed by atoms with Crippen molar-refractivity contribution in [1.82, 2.24) is 15.3 Å². The maximum atomic E-state index is 11.5. The number of aromatic nitrogens is 2. The lowest BCUT2D eigenvalue weighted by Gasteiger charge is -2.13. The molecule has 1 rings (SSSR count). The van der Waals surface area contributed by atoms with E-state index in [0.29, 0.717) is 6.61 Å². The Bertz CT molecular complexity index is 338. The van der Waals surface area contributed by atoms with Crippen LogP contribution in [0.4, 0.5) is 4.79 Å². The van der Waals surface area contributed by atoms with Crippen LogP contribution in [-0.2, 0) is 11.2 Å². The van der Waals surface area contributed by atoms with Gasteiger partial charge in [-0.1, -0.05) is 26.2 Å². The van der Waals surface area contributed by atoms with Gasteiger partial charge in [0.15, 0.2) is 0 Å². The van der Waals surface area contributed by atoms with Gasteiger partial charge < -0.3 is 15.0 Å². The number of carbonyl (C=O) groups is 1. The molecule has 0 aliphatic carbocycles. The molecule has 1 atom stereocenters. The summed E-state index contributed by atoms with van der Waals surface area (Å²) in [6, 6.07) is 0.187. The summed E-state index contributed by atoms with van der Waals surface area (Å²) in [5, 5.41) is 2.85. The number of rotatable bonds is 9. The fourth-order valence-electron chi connectivity index (χ4n) is 1.86. The quantitative estimate of drug-likeness (QED) is 0.676. The van der Waals surface area contributed by atoms with Crippen LogP contribution in [0, 0.1) is 0 Å². The molecule has 1 heterocycles. The van der Waals surface area contributed by atoms with Crippen LogP contribution in [0.1, 0.15) is 51.6 Å². The van der Waals surface area contributed by atoms with E-state index in [1.807, 2.05) is 6.92 Å². The Balaban J connectivity index is 2.01. The van der Waals surface area contributed by atoms with Crippen LogP contribution in [0.15, 0.2) is 12.5 Å². The Kier molecular flexibility index (Phi) is 7.70. The van der Waals surface area contributed by atoms with Crippen LogP contribution in [0.25, 0.3) is 0 Å². The highest BCUT2D eigenvalue weighted by Crippen LogP contribution is 2.03. The van der Waals surface area contributed by atoms with Gasteiger partial charge in [0.05, 0.1) is 12.9 Å². The summed E-state index contributed by atoms with van der Waals surface area (Å²) in [5.41, 5.74) is 1.07. The monoisotopic (exact) mass is 267 g/mol. The lowest BCUT2D eigenvalue weighted by atomic mass is 10.1. The van der Waals surface area contributed by atoms with Gasteiger partial charge in [0.25, 0.3) is 0 Å². The van der Waals surface area contributed by atoms with Crippen molar-refractivity contribution in [3.63, 3.8) is 0 Å². The number of alkyl carbamates (subject to hydrolysis) is 1. The summed E-state index contributed by atoms with van der Waals surface area (Å²) in [6.07, 6.45) is 9.36. The molecule has 5 nitrogen and oxygen atoms in total. The van der Waals surface area contributed by atoms with E-state index in [4.69, 9.17) is 4.74 Å². The second kappa shape index (κ2) is 9.42. The molecule has 0 aliphatic rings. The topological polar surface area (TPSA) is 67.0 Å². The Morgan fingerprint density at radius 2 is 2.32 bits per heavy atom. The van der Waals surface area contributed by atoms with Crippen molar-refractivity contribution in [1.29, 1.82) is 0 Å². The van der Waals surface area contributed by atoms with Crippen molar-refractivity contribution in [2.24, 2.45) is 0 Å². The maximum Gasteiger partial charge on any atom is 0.407 e. The number of hydrogen-bond acceptors (Lipinski definition) is 3. The Morgan fingerprint density at radius 3 is 3.00 bits per heavy atom. The van der Waals surface area contributed by atoms with Gasteiger partial charge in [0, 0.05) is 17.9 Å². The first kappa shape index (κ1) is 15.5. The molecule has 0 aromatic carbocycles. The molecule has 0 fully saturated rings. The molecule has 1 amide bonds. The first-order valence-corrected chi connectivity index (χ1v) is 7.13. The van der Waals surface area contributed by atoms with Gasteiger partial charge in [-0.05, 0) is 26.2 Å². The minimum Gasteiger partial charge on any atom is -0.450 e. The number of nitrogens with zero attached hydrogens (tertiary/aromatic N) is 1. The van der Waals surface area contributed by atoms with Crippen molar-refractivity contribution in [2.45, 2.75) is 58.4 Å². The summed E-state index contributed by atoms with van der Waals surface area (Å²) in [6.45, 7) is 4.63. The second-order valence-electron chi connectivity index (χ2n) is 4.86. The molecule has 0 spiro atoms. The molecule has 1 unspecified atom stereocenters.